The highest BCUT2D eigenvalue weighted by Gasteiger charge is 2.27. The zero-order chi connectivity index (χ0) is 54.1. The van der Waals surface area contributed by atoms with Gasteiger partial charge in [-0.25, -0.2) is 23.8 Å². The summed E-state index contributed by atoms with van der Waals surface area (Å²) in [5, 5.41) is 18.6. The fraction of sp³-hybridized carbons (Fsp3) is 0.327. The molecule has 3 N–H and O–H groups in total. The van der Waals surface area contributed by atoms with Crippen molar-refractivity contribution < 1.29 is 38.1 Å². The number of amides is 3. The summed E-state index contributed by atoms with van der Waals surface area (Å²) in [5.74, 6) is 2.87. The van der Waals surface area contributed by atoms with Crippen LogP contribution in [0.1, 0.15) is 54.3 Å². The molecule has 2 aromatic carbocycles. The van der Waals surface area contributed by atoms with Crippen LogP contribution in [0, 0.1) is 0 Å². The van der Waals surface area contributed by atoms with Crippen LogP contribution in [0.25, 0.3) is 33.5 Å². The molecule has 0 saturated carbocycles. The lowest BCUT2D eigenvalue weighted by Gasteiger charge is -2.26. The molecule has 0 atom stereocenters. The molecular formula is C55H63ClN14O8. The Morgan fingerprint density at radius 1 is 0.551 bits per heavy atom. The summed E-state index contributed by atoms with van der Waals surface area (Å²) in [6, 6.07) is 26.2. The number of ether oxygens (including phenoxy) is 5. The maximum atomic E-state index is 13.6. The van der Waals surface area contributed by atoms with Crippen molar-refractivity contribution in [3.63, 3.8) is 0 Å². The van der Waals surface area contributed by atoms with E-state index in [0.29, 0.717) is 102 Å². The van der Waals surface area contributed by atoms with Gasteiger partial charge in [0.15, 0.2) is 22.8 Å². The minimum Gasteiger partial charge on any atom is -0.491 e. The van der Waals surface area contributed by atoms with Gasteiger partial charge in [-0.2, -0.15) is 20.2 Å². The number of anilines is 4. The molecule has 2 aliphatic heterocycles. The Hall–Kier alpha value is -8.76. The third kappa shape index (κ3) is 13.1. The molecule has 0 aliphatic carbocycles. The molecule has 0 unspecified atom stereocenters. The lowest BCUT2D eigenvalue weighted by Crippen LogP contribution is -2.40. The van der Waals surface area contributed by atoms with Crippen molar-refractivity contribution in [3.05, 3.63) is 121 Å². The molecule has 0 bridgehead atoms. The minimum absolute atomic E-state index is 0. The van der Waals surface area contributed by atoms with Gasteiger partial charge >= 0.3 is 6.09 Å². The Balaban J connectivity index is 0.000000206. The number of nitrogens with zero attached hydrogens (tertiary/aromatic N) is 11. The maximum absolute atomic E-state index is 13.6. The van der Waals surface area contributed by atoms with Gasteiger partial charge in [-0.15, -0.1) is 12.4 Å². The van der Waals surface area contributed by atoms with Crippen molar-refractivity contribution in [2.45, 2.75) is 39.2 Å². The largest absolute Gasteiger partial charge is 0.491 e. The summed E-state index contributed by atoms with van der Waals surface area (Å²) in [5.41, 5.74) is 6.78. The van der Waals surface area contributed by atoms with E-state index in [0.717, 1.165) is 54.0 Å². The van der Waals surface area contributed by atoms with E-state index in [1.54, 1.807) is 64.4 Å². The third-order valence-electron chi connectivity index (χ3n) is 12.7. The second-order valence-electron chi connectivity index (χ2n) is 19.1. The Kier molecular flexibility index (Phi) is 17.7. The zero-order valence-corrected chi connectivity index (χ0v) is 45.4. The van der Waals surface area contributed by atoms with E-state index in [9.17, 15) is 14.4 Å². The van der Waals surface area contributed by atoms with E-state index >= 15 is 0 Å². The molecule has 0 radical (unpaired) electrons. The van der Waals surface area contributed by atoms with E-state index in [4.69, 9.17) is 23.7 Å². The molecule has 408 valence electrons. The van der Waals surface area contributed by atoms with Crippen LogP contribution in [-0.2, 0) is 4.74 Å². The van der Waals surface area contributed by atoms with Gasteiger partial charge in [-0.3, -0.25) is 9.59 Å². The van der Waals surface area contributed by atoms with Gasteiger partial charge < -0.3 is 54.3 Å². The number of nitrogens with one attached hydrogen (secondary N) is 3. The number of carbonyl (C=O) groups excluding carboxylic acids is 3. The van der Waals surface area contributed by atoms with Crippen LogP contribution in [0.5, 0.6) is 23.3 Å². The van der Waals surface area contributed by atoms with Crippen LogP contribution < -0.4 is 34.9 Å². The van der Waals surface area contributed by atoms with Crippen LogP contribution in [0.15, 0.2) is 110 Å². The minimum atomic E-state index is -0.567. The number of hydrogen-bond donors (Lipinski definition) is 3. The van der Waals surface area contributed by atoms with Crippen molar-refractivity contribution in [1.82, 2.24) is 59.2 Å². The van der Waals surface area contributed by atoms with Gasteiger partial charge in [-0.05, 0) is 112 Å². The van der Waals surface area contributed by atoms with Gasteiger partial charge in [-0.1, -0.05) is 24.3 Å². The Labute approximate surface area is 457 Å². The summed E-state index contributed by atoms with van der Waals surface area (Å²) in [6.07, 6.45) is 8.01. The molecule has 3 amide bonds. The summed E-state index contributed by atoms with van der Waals surface area (Å²) >= 11 is 0. The molecular weight excluding hydrogens is 1020 g/mol. The predicted octanol–water partition coefficient (Wildman–Crippen LogP) is 8.04. The molecule has 0 spiro atoms. The van der Waals surface area contributed by atoms with E-state index in [2.05, 4.69) is 46.1 Å². The van der Waals surface area contributed by atoms with Crippen molar-refractivity contribution in [2.75, 3.05) is 91.4 Å². The third-order valence-corrected chi connectivity index (χ3v) is 12.7. The fourth-order valence-corrected chi connectivity index (χ4v) is 8.93. The first kappa shape index (κ1) is 55.5. The van der Waals surface area contributed by atoms with Gasteiger partial charge in [0.05, 0.1) is 39.8 Å². The molecule has 2 aliphatic rings. The van der Waals surface area contributed by atoms with E-state index in [1.165, 1.54) is 19.8 Å². The topological polar surface area (TPSA) is 229 Å². The molecule has 8 aromatic rings. The zero-order valence-electron chi connectivity index (χ0n) is 44.6. The first-order valence-electron chi connectivity index (χ1n) is 25.2. The first-order chi connectivity index (χ1) is 37.3. The summed E-state index contributed by atoms with van der Waals surface area (Å²) in [7, 11) is 6.20. The number of benzene rings is 2. The fourth-order valence-electron chi connectivity index (χ4n) is 8.93. The average Bonchev–Trinajstić information content (AvgIpc) is 4.03. The number of pyridine rings is 4. The second kappa shape index (κ2) is 24.9. The van der Waals surface area contributed by atoms with Crippen molar-refractivity contribution >= 4 is 64.6 Å². The highest BCUT2D eigenvalue weighted by Crippen LogP contribution is 2.33. The van der Waals surface area contributed by atoms with Gasteiger partial charge in [0, 0.05) is 80.5 Å². The normalized spacial score (nSPS) is 13.8. The standard InChI is InChI=1S/C30H35N7O5.C25H27N7O3.ClH/c1-30(2,3)42-29(39)36-13-7-12-35(14-15-36)28(38)21-9-6-8-20(16-21)22-17-23(26-31-19-32-37(26)18-22)33-25-11-10-24(40-4)27(34-25)41-5;1-34-21-7-8-22(30-24(21)35-2)29-20-14-19(15-32-23(20)27-16-28-32)17-5-3-6-18(13-17)25(33)31-11-4-9-26-10-12-31;/h6,8-11,16-19H,7,12-15H2,1-5H3,(H,33,34);3,5-8,13-16,26H,4,9-12H2,1-2H3,(H,29,30);1H. The summed E-state index contributed by atoms with van der Waals surface area (Å²) in [6.45, 7) is 10.7. The smallest absolute Gasteiger partial charge is 0.410 e. The van der Waals surface area contributed by atoms with Gasteiger partial charge in [0.2, 0.25) is 0 Å². The SMILES string of the molecule is COc1ccc(Nc2cc(-c3cccc(C(=O)N4CCCN(C(=O)OC(C)(C)C)CC4)c3)cn3ncnc23)nc1OC.COc1ccc(Nc2cc(-c3cccc(C(=O)N4CCCNCC4)c3)cn3ncnc23)nc1OC.Cl. The number of methoxy groups -OCH3 is 4. The summed E-state index contributed by atoms with van der Waals surface area (Å²) < 4.78 is 30.1. The predicted molar refractivity (Wildman–Crippen MR) is 297 cm³/mol. The number of halogens is 1. The van der Waals surface area contributed by atoms with Crippen molar-refractivity contribution in [3.8, 4) is 45.5 Å². The number of aromatic nitrogens is 8. The lowest BCUT2D eigenvalue weighted by atomic mass is 10.0. The molecule has 78 heavy (non-hydrogen) atoms. The Morgan fingerprint density at radius 2 is 1.04 bits per heavy atom. The highest BCUT2D eigenvalue weighted by molar-refractivity contribution is 5.96. The number of carbonyl (C=O) groups is 3. The van der Waals surface area contributed by atoms with E-state index in [-0.39, 0.29) is 30.3 Å². The maximum Gasteiger partial charge on any atom is 0.410 e. The Bertz CT molecular complexity index is 3390. The van der Waals surface area contributed by atoms with Crippen molar-refractivity contribution in [2.24, 2.45) is 0 Å². The van der Waals surface area contributed by atoms with E-state index < -0.39 is 5.60 Å². The molecule has 22 nitrogen and oxygen atoms in total. The molecule has 8 heterocycles. The highest BCUT2D eigenvalue weighted by atomic mass is 35.5. The van der Waals surface area contributed by atoms with Gasteiger partial charge in [0.25, 0.3) is 23.6 Å². The molecule has 2 saturated heterocycles. The van der Waals surface area contributed by atoms with Crippen LogP contribution in [0.3, 0.4) is 0 Å². The van der Waals surface area contributed by atoms with E-state index in [1.807, 2.05) is 98.7 Å². The van der Waals surface area contributed by atoms with Crippen molar-refractivity contribution in [1.29, 1.82) is 0 Å². The van der Waals surface area contributed by atoms with Crippen LogP contribution in [0.2, 0.25) is 0 Å². The monoisotopic (exact) mass is 1080 g/mol. The molecule has 2 fully saturated rings. The lowest BCUT2D eigenvalue weighted by molar-refractivity contribution is 0.0255. The quantitative estimate of drug-likeness (QED) is 0.105. The molecule has 10 rings (SSSR count). The number of hydrogen-bond acceptors (Lipinski definition) is 17. The number of fused-ring (bicyclic) bond motifs is 2. The second-order valence-corrected chi connectivity index (χ2v) is 19.1. The molecule has 23 heteroatoms. The van der Waals surface area contributed by atoms with Crippen LogP contribution >= 0.6 is 12.4 Å². The summed E-state index contributed by atoms with van der Waals surface area (Å²) in [4.78, 5) is 62.4. The molecule has 6 aromatic heterocycles. The van der Waals surface area contributed by atoms with Crippen LogP contribution in [-0.4, -0.2) is 158 Å². The van der Waals surface area contributed by atoms with Gasteiger partial charge in [0.1, 0.15) is 29.9 Å². The number of rotatable bonds is 12. The average molecular weight is 1080 g/mol. The Morgan fingerprint density at radius 3 is 1.54 bits per heavy atom. The first-order valence-corrected chi connectivity index (χ1v) is 25.2. The van der Waals surface area contributed by atoms with Crippen LogP contribution in [0.4, 0.5) is 27.8 Å².